The average molecular weight is 345 g/mol. The van der Waals surface area contributed by atoms with Crippen molar-refractivity contribution in [2.75, 3.05) is 11.6 Å². The lowest BCUT2D eigenvalue weighted by atomic mass is 10.2. The predicted octanol–water partition coefficient (Wildman–Crippen LogP) is 3.46. The highest BCUT2D eigenvalue weighted by Crippen LogP contribution is 2.28. The Morgan fingerprint density at radius 3 is 2.77 bits per heavy atom. The summed E-state index contributed by atoms with van der Waals surface area (Å²) in [5.74, 6) is 1.93. The van der Waals surface area contributed by atoms with Crippen LogP contribution >= 0.6 is 0 Å². The first-order chi connectivity index (χ1) is 12.9. The Labute approximate surface area is 151 Å². The van der Waals surface area contributed by atoms with Crippen LogP contribution in [-0.4, -0.2) is 26.1 Å². The molecule has 6 heteroatoms. The number of para-hydroxylation sites is 2. The van der Waals surface area contributed by atoms with Crippen LogP contribution in [0.3, 0.4) is 0 Å². The van der Waals surface area contributed by atoms with Crippen LogP contribution in [0.2, 0.25) is 0 Å². The standard InChI is InChI=1S/C20H19N5O/c1-2-8-19-18(7-1)22-20-24(13-17-6-4-10-26-17)14-23(15-25(19)20)12-16-5-3-9-21-11-16/h1-11H,12-15H2. The number of hydrogen-bond acceptors (Lipinski definition) is 5. The van der Waals surface area contributed by atoms with Crippen LogP contribution in [0.4, 0.5) is 5.95 Å². The zero-order chi connectivity index (χ0) is 17.3. The van der Waals surface area contributed by atoms with Crippen LogP contribution in [0.25, 0.3) is 11.0 Å². The molecule has 0 saturated heterocycles. The number of rotatable bonds is 4. The third-order valence-corrected chi connectivity index (χ3v) is 4.69. The van der Waals surface area contributed by atoms with E-state index >= 15 is 0 Å². The van der Waals surface area contributed by atoms with E-state index in [-0.39, 0.29) is 0 Å². The number of imidazole rings is 1. The molecule has 0 amide bonds. The molecule has 3 aromatic heterocycles. The molecule has 0 atom stereocenters. The van der Waals surface area contributed by atoms with Crippen molar-refractivity contribution in [2.45, 2.75) is 19.8 Å². The highest BCUT2D eigenvalue weighted by atomic mass is 16.3. The van der Waals surface area contributed by atoms with E-state index < -0.39 is 0 Å². The fraction of sp³-hybridized carbons (Fsp3) is 0.200. The summed E-state index contributed by atoms with van der Waals surface area (Å²) in [6.07, 6.45) is 5.46. The molecule has 26 heavy (non-hydrogen) atoms. The summed E-state index contributed by atoms with van der Waals surface area (Å²) in [7, 11) is 0. The minimum absolute atomic E-state index is 0.694. The quantitative estimate of drug-likeness (QED) is 0.567. The van der Waals surface area contributed by atoms with E-state index in [0.717, 1.165) is 42.6 Å². The number of furan rings is 1. The molecule has 0 radical (unpaired) electrons. The summed E-state index contributed by atoms with van der Waals surface area (Å²) < 4.78 is 7.85. The maximum absolute atomic E-state index is 5.57. The van der Waals surface area contributed by atoms with E-state index in [1.807, 2.05) is 36.7 Å². The van der Waals surface area contributed by atoms with E-state index in [2.05, 4.69) is 43.6 Å². The molecule has 1 aromatic carbocycles. The Balaban J connectivity index is 1.51. The van der Waals surface area contributed by atoms with Crippen molar-refractivity contribution in [1.82, 2.24) is 19.4 Å². The van der Waals surface area contributed by atoms with Crippen molar-refractivity contribution < 1.29 is 4.42 Å². The van der Waals surface area contributed by atoms with Crippen molar-refractivity contribution >= 4 is 17.0 Å². The van der Waals surface area contributed by atoms with Crippen LogP contribution < -0.4 is 4.90 Å². The van der Waals surface area contributed by atoms with E-state index in [4.69, 9.17) is 9.40 Å². The molecule has 0 saturated carbocycles. The Morgan fingerprint density at radius 2 is 1.92 bits per heavy atom. The Bertz CT molecular complexity index is 1010. The summed E-state index contributed by atoms with van der Waals surface area (Å²) in [6, 6.07) is 16.3. The molecule has 6 nitrogen and oxygen atoms in total. The number of benzene rings is 1. The van der Waals surface area contributed by atoms with Crippen molar-refractivity contribution in [3.63, 3.8) is 0 Å². The number of aromatic nitrogens is 3. The second-order valence-corrected chi connectivity index (χ2v) is 6.58. The molecule has 0 spiro atoms. The minimum Gasteiger partial charge on any atom is -0.467 e. The lowest BCUT2D eigenvalue weighted by molar-refractivity contribution is 0.187. The first kappa shape index (κ1) is 15.2. The second kappa shape index (κ2) is 6.31. The monoisotopic (exact) mass is 345 g/mol. The van der Waals surface area contributed by atoms with Crippen LogP contribution in [-0.2, 0) is 19.8 Å². The van der Waals surface area contributed by atoms with E-state index in [0.29, 0.717) is 6.54 Å². The van der Waals surface area contributed by atoms with Gasteiger partial charge in [-0.3, -0.25) is 14.5 Å². The van der Waals surface area contributed by atoms with Crippen molar-refractivity contribution in [3.8, 4) is 0 Å². The fourth-order valence-electron chi connectivity index (χ4n) is 3.55. The zero-order valence-corrected chi connectivity index (χ0v) is 14.3. The van der Waals surface area contributed by atoms with Crippen LogP contribution in [0.1, 0.15) is 11.3 Å². The molecule has 4 aromatic rings. The third-order valence-electron chi connectivity index (χ3n) is 4.69. The number of anilines is 1. The van der Waals surface area contributed by atoms with E-state index in [9.17, 15) is 0 Å². The molecule has 1 aliphatic heterocycles. The minimum atomic E-state index is 0.694. The fourth-order valence-corrected chi connectivity index (χ4v) is 3.55. The third kappa shape index (κ3) is 2.74. The zero-order valence-electron chi connectivity index (χ0n) is 14.3. The molecule has 1 aliphatic rings. The lowest BCUT2D eigenvalue weighted by Crippen LogP contribution is -2.44. The van der Waals surface area contributed by atoms with Gasteiger partial charge in [-0.25, -0.2) is 4.98 Å². The summed E-state index contributed by atoms with van der Waals surface area (Å²) in [5.41, 5.74) is 3.39. The molecule has 4 heterocycles. The molecule has 5 rings (SSSR count). The molecular weight excluding hydrogens is 326 g/mol. The van der Waals surface area contributed by atoms with Gasteiger partial charge in [0.2, 0.25) is 5.95 Å². The maximum Gasteiger partial charge on any atom is 0.209 e. The molecule has 0 fully saturated rings. The van der Waals surface area contributed by atoms with E-state index in [1.165, 1.54) is 5.56 Å². The van der Waals surface area contributed by atoms with Gasteiger partial charge in [-0.05, 0) is 35.9 Å². The highest BCUT2D eigenvalue weighted by molar-refractivity contribution is 5.79. The van der Waals surface area contributed by atoms with Gasteiger partial charge in [-0.2, -0.15) is 0 Å². The van der Waals surface area contributed by atoms with Gasteiger partial charge < -0.3 is 9.32 Å². The van der Waals surface area contributed by atoms with Gasteiger partial charge in [0.15, 0.2) is 0 Å². The molecular formula is C20H19N5O. The topological polar surface area (TPSA) is 50.3 Å². The molecule has 0 aliphatic carbocycles. The van der Waals surface area contributed by atoms with E-state index in [1.54, 1.807) is 6.26 Å². The van der Waals surface area contributed by atoms with Gasteiger partial charge in [-0.15, -0.1) is 0 Å². The molecule has 0 N–H and O–H groups in total. The predicted molar refractivity (Wildman–Crippen MR) is 99.3 cm³/mol. The van der Waals surface area contributed by atoms with Crippen LogP contribution in [0.5, 0.6) is 0 Å². The van der Waals surface area contributed by atoms with Gasteiger partial charge in [-0.1, -0.05) is 18.2 Å². The van der Waals surface area contributed by atoms with Crippen molar-refractivity contribution in [3.05, 3.63) is 78.5 Å². The van der Waals surface area contributed by atoms with Gasteiger partial charge in [0.05, 0.1) is 37.2 Å². The molecule has 0 bridgehead atoms. The summed E-state index contributed by atoms with van der Waals surface area (Å²) in [4.78, 5) is 13.8. The van der Waals surface area contributed by atoms with Gasteiger partial charge >= 0.3 is 0 Å². The number of fused-ring (bicyclic) bond motifs is 3. The number of pyridine rings is 1. The van der Waals surface area contributed by atoms with Crippen LogP contribution in [0, 0.1) is 0 Å². The molecule has 0 unspecified atom stereocenters. The first-order valence-electron chi connectivity index (χ1n) is 8.71. The normalized spacial score (nSPS) is 14.7. The van der Waals surface area contributed by atoms with Gasteiger partial charge in [0.25, 0.3) is 0 Å². The Hall–Kier alpha value is -3.12. The average Bonchev–Trinajstić information content (AvgIpc) is 3.31. The largest absolute Gasteiger partial charge is 0.467 e. The smallest absolute Gasteiger partial charge is 0.209 e. The number of nitrogens with zero attached hydrogens (tertiary/aromatic N) is 5. The van der Waals surface area contributed by atoms with Crippen molar-refractivity contribution in [1.29, 1.82) is 0 Å². The second-order valence-electron chi connectivity index (χ2n) is 6.58. The maximum atomic E-state index is 5.57. The Morgan fingerprint density at radius 1 is 0.962 bits per heavy atom. The van der Waals surface area contributed by atoms with Gasteiger partial charge in [0, 0.05) is 18.9 Å². The summed E-state index contributed by atoms with van der Waals surface area (Å²) in [5, 5.41) is 0. The van der Waals surface area contributed by atoms with Gasteiger partial charge in [0.1, 0.15) is 5.76 Å². The Kier molecular flexibility index (Phi) is 3.68. The van der Waals surface area contributed by atoms with Crippen LogP contribution in [0.15, 0.2) is 71.6 Å². The highest BCUT2D eigenvalue weighted by Gasteiger charge is 2.26. The summed E-state index contributed by atoms with van der Waals surface area (Å²) in [6.45, 7) is 3.13. The molecule has 130 valence electrons. The first-order valence-corrected chi connectivity index (χ1v) is 8.71. The number of hydrogen-bond donors (Lipinski definition) is 0. The lowest BCUT2D eigenvalue weighted by Gasteiger charge is -2.36. The SMILES string of the molecule is c1cncc(CN2CN(Cc3ccco3)c3nc4ccccc4n3C2)c1. The van der Waals surface area contributed by atoms with Crippen molar-refractivity contribution in [2.24, 2.45) is 0 Å². The summed E-state index contributed by atoms with van der Waals surface area (Å²) >= 11 is 0.